The lowest BCUT2D eigenvalue weighted by Crippen LogP contribution is -2.44. The van der Waals surface area contributed by atoms with E-state index in [2.05, 4.69) is 22.1 Å². The molecule has 1 fully saturated rings. The monoisotopic (exact) mass is 377 g/mol. The summed E-state index contributed by atoms with van der Waals surface area (Å²) in [6.07, 6.45) is 1.16. The first-order valence-corrected chi connectivity index (χ1v) is 8.19. The van der Waals surface area contributed by atoms with Crippen LogP contribution >= 0.6 is 36.2 Å². The fourth-order valence-electron chi connectivity index (χ4n) is 2.19. The van der Waals surface area contributed by atoms with E-state index in [0.29, 0.717) is 5.75 Å². The molecule has 2 heterocycles. The lowest BCUT2D eigenvalue weighted by molar-refractivity contribution is 0.244. The van der Waals surface area contributed by atoms with Gasteiger partial charge in [0.05, 0.1) is 11.2 Å². The molecule has 1 saturated heterocycles. The van der Waals surface area contributed by atoms with Crippen LogP contribution in [0, 0.1) is 6.92 Å². The summed E-state index contributed by atoms with van der Waals surface area (Å²) in [7, 11) is 0. The number of aromatic nitrogens is 1. The number of halogens is 2. The molecule has 1 aliphatic heterocycles. The van der Waals surface area contributed by atoms with Crippen LogP contribution in [0.2, 0.25) is 0 Å². The third-order valence-corrected chi connectivity index (χ3v) is 4.46. The molecule has 0 atom stereocenters. The molecule has 0 unspecified atom stereocenters. The number of phenolic OH excluding ortho intramolecular Hbond substituents is 1. The van der Waals surface area contributed by atoms with Gasteiger partial charge in [0, 0.05) is 37.6 Å². The predicted molar refractivity (Wildman–Crippen MR) is 102 cm³/mol. The second kappa shape index (κ2) is 12.6. The summed E-state index contributed by atoms with van der Waals surface area (Å²) in [4.78, 5) is 8.24. The summed E-state index contributed by atoms with van der Waals surface area (Å²) in [5.74, 6) is 0.322. The lowest BCUT2D eigenvalue weighted by Gasteiger charge is -2.26. The van der Waals surface area contributed by atoms with Crippen LogP contribution < -0.4 is 5.32 Å². The van der Waals surface area contributed by atoms with Crippen LogP contribution in [0.25, 0.3) is 0 Å². The fourth-order valence-corrected chi connectivity index (χ4v) is 2.96. The molecule has 0 saturated carbocycles. The van der Waals surface area contributed by atoms with Crippen molar-refractivity contribution in [2.24, 2.45) is 0 Å². The van der Waals surface area contributed by atoms with Gasteiger partial charge in [-0.25, -0.2) is 4.98 Å². The Morgan fingerprint density at radius 3 is 2.30 bits per heavy atom. The summed E-state index contributed by atoms with van der Waals surface area (Å²) >= 11 is 1.78. The van der Waals surface area contributed by atoms with E-state index < -0.39 is 0 Å². The van der Waals surface area contributed by atoms with Crippen molar-refractivity contribution >= 4 is 36.2 Å². The highest BCUT2D eigenvalue weighted by Crippen LogP contribution is 2.13. The minimum Gasteiger partial charge on any atom is -0.508 e. The maximum Gasteiger partial charge on any atom is 0.115 e. The van der Waals surface area contributed by atoms with E-state index in [0.717, 1.165) is 19.5 Å². The zero-order valence-corrected chi connectivity index (χ0v) is 15.7. The number of benzene rings is 1. The number of thiazole rings is 1. The van der Waals surface area contributed by atoms with Crippen molar-refractivity contribution in [1.82, 2.24) is 15.2 Å². The SMILES string of the molecule is Cc1ncsc1CCN1CCNCC1.Cl.Cl.Oc1ccccc1. The minimum atomic E-state index is 0. The second-order valence-electron chi connectivity index (χ2n) is 5.04. The normalized spacial score (nSPS) is 14.0. The van der Waals surface area contributed by atoms with E-state index >= 15 is 0 Å². The first kappa shape index (κ1) is 22.1. The van der Waals surface area contributed by atoms with Gasteiger partial charge >= 0.3 is 0 Å². The highest BCUT2D eigenvalue weighted by molar-refractivity contribution is 7.09. The summed E-state index contributed by atoms with van der Waals surface area (Å²) in [5, 5.41) is 12.0. The van der Waals surface area contributed by atoms with E-state index in [4.69, 9.17) is 5.11 Å². The van der Waals surface area contributed by atoms with Gasteiger partial charge in [-0.15, -0.1) is 36.2 Å². The number of aromatic hydroxyl groups is 1. The number of nitrogens with one attached hydrogen (secondary N) is 1. The second-order valence-corrected chi connectivity index (χ2v) is 5.98. The third kappa shape index (κ3) is 8.53. The van der Waals surface area contributed by atoms with Gasteiger partial charge in [0.1, 0.15) is 5.75 Å². The Bertz CT molecular complexity index is 519. The highest BCUT2D eigenvalue weighted by Gasteiger charge is 2.10. The van der Waals surface area contributed by atoms with Crippen LogP contribution in [0.5, 0.6) is 5.75 Å². The predicted octanol–water partition coefficient (Wildman–Crippen LogP) is 3.14. The first-order chi connectivity index (χ1) is 10.3. The highest BCUT2D eigenvalue weighted by atomic mass is 35.5. The molecule has 0 aliphatic carbocycles. The van der Waals surface area contributed by atoms with Crippen molar-refractivity contribution in [3.05, 3.63) is 46.4 Å². The van der Waals surface area contributed by atoms with Crippen LogP contribution in [0.15, 0.2) is 35.8 Å². The van der Waals surface area contributed by atoms with E-state index in [-0.39, 0.29) is 24.8 Å². The van der Waals surface area contributed by atoms with Crippen LogP contribution in [0.3, 0.4) is 0 Å². The van der Waals surface area contributed by atoms with E-state index in [1.54, 1.807) is 35.6 Å². The Labute approximate surface area is 154 Å². The van der Waals surface area contributed by atoms with Gasteiger partial charge in [0.25, 0.3) is 0 Å². The lowest BCUT2D eigenvalue weighted by atomic mass is 10.2. The molecule has 3 rings (SSSR count). The van der Waals surface area contributed by atoms with Gasteiger partial charge in [-0.1, -0.05) is 18.2 Å². The number of piperazine rings is 1. The molecule has 1 aromatic heterocycles. The molecular formula is C16H25Cl2N3OS. The van der Waals surface area contributed by atoms with Gasteiger partial charge < -0.3 is 15.3 Å². The van der Waals surface area contributed by atoms with E-state index in [1.807, 2.05) is 11.6 Å². The molecule has 2 aromatic rings. The number of hydrogen-bond donors (Lipinski definition) is 2. The minimum absolute atomic E-state index is 0. The fraction of sp³-hybridized carbons (Fsp3) is 0.438. The molecule has 0 amide bonds. The molecule has 1 aliphatic rings. The summed E-state index contributed by atoms with van der Waals surface area (Å²) in [6, 6.07) is 8.71. The largest absolute Gasteiger partial charge is 0.508 e. The molecule has 0 radical (unpaired) electrons. The van der Waals surface area contributed by atoms with Crippen LogP contribution in [0.1, 0.15) is 10.6 Å². The molecule has 2 N–H and O–H groups in total. The number of aryl methyl sites for hydroxylation is 1. The number of nitrogens with zero attached hydrogens (tertiary/aromatic N) is 2. The zero-order valence-electron chi connectivity index (χ0n) is 13.3. The Morgan fingerprint density at radius 1 is 1.17 bits per heavy atom. The molecule has 23 heavy (non-hydrogen) atoms. The summed E-state index contributed by atoms with van der Waals surface area (Å²) in [6.45, 7) is 7.95. The van der Waals surface area contributed by atoms with Crippen LogP contribution in [-0.2, 0) is 6.42 Å². The van der Waals surface area contributed by atoms with Crippen LogP contribution in [-0.4, -0.2) is 47.7 Å². The molecule has 0 spiro atoms. The van der Waals surface area contributed by atoms with Crippen molar-refractivity contribution in [2.45, 2.75) is 13.3 Å². The first-order valence-electron chi connectivity index (χ1n) is 7.32. The Hall–Kier alpha value is -0.850. The number of hydrogen-bond acceptors (Lipinski definition) is 5. The van der Waals surface area contributed by atoms with Gasteiger partial charge in [-0.2, -0.15) is 0 Å². The molecule has 4 nitrogen and oxygen atoms in total. The van der Waals surface area contributed by atoms with Crippen molar-refractivity contribution in [1.29, 1.82) is 0 Å². The standard InChI is InChI=1S/C10H17N3S.C6H6O.2ClH/c1-9-10(14-8-12-9)2-5-13-6-3-11-4-7-13;7-6-4-2-1-3-5-6;;/h8,11H,2-7H2,1H3;1-5,7H;2*1H. The Balaban J connectivity index is 0.000000463. The van der Waals surface area contributed by atoms with Gasteiger partial charge in [-0.3, -0.25) is 0 Å². The smallest absolute Gasteiger partial charge is 0.115 e. The van der Waals surface area contributed by atoms with Gasteiger partial charge in [0.2, 0.25) is 0 Å². The average Bonchev–Trinajstić information content (AvgIpc) is 2.93. The summed E-state index contributed by atoms with van der Waals surface area (Å²) < 4.78 is 0. The molecular weight excluding hydrogens is 353 g/mol. The zero-order chi connectivity index (χ0) is 14.9. The Morgan fingerprint density at radius 2 is 1.83 bits per heavy atom. The molecule has 0 bridgehead atoms. The molecule has 1 aromatic carbocycles. The van der Waals surface area contributed by atoms with Crippen molar-refractivity contribution < 1.29 is 5.11 Å². The van der Waals surface area contributed by atoms with Crippen molar-refractivity contribution in [2.75, 3.05) is 32.7 Å². The topological polar surface area (TPSA) is 48.4 Å². The van der Waals surface area contributed by atoms with Crippen molar-refractivity contribution in [3.63, 3.8) is 0 Å². The Kier molecular flexibility index (Phi) is 12.1. The molecule has 130 valence electrons. The van der Waals surface area contributed by atoms with E-state index in [1.165, 1.54) is 30.2 Å². The maximum atomic E-state index is 8.63. The quantitative estimate of drug-likeness (QED) is 0.862. The van der Waals surface area contributed by atoms with E-state index in [9.17, 15) is 0 Å². The van der Waals surface area contributed by atoms with Gasteiger partial charge in [-0.05, 0) is 25.5 Å². The maximum absolute atomic E-state index is 8.63. The van der Waals surface area contributed by atoms with Crippen molar-refractivity contribution in [3.8, 4) is 5.75 Å². The average molecular weight is 378 g/mol. The summed E-state index contributed by atoms with van der Waals surface area (Å²) in [5.41, 5.74) is 3.16. The van der Waals surface area contributed by atoms with Crippen LogP contribution in [0.4, 0.5) is 0 Å². The number of rotatable bonds is 3. The third-order valence-electron chi connectivity index (χ3n) is 3.47. The van der Waals surface area contributed by atoms with Gasteiger partial charge in [0.15, 0.2) is 0 Å². The number of para-hydroxylation sites is 1. The number of phenols is 1. The molecule has 7 heteroatoms.